The van der Waals surface area contributed by atoms with Gasteiger partial charge >= 0.3 is 0 Å². The highest BCUT2D eigenvalue weighted by atomic mass is 16.5. The van der Waals surface area contributed by atoms with E-state index in [4.69, 9.17) is 13.7 Å². The number of hydrogen-bond donors (Lipinski definition) is 1. The van der Waals surface area contributed by atoms with Crippen molar-refractivity contribution >= 4 is 0 Å². The van der Waals surface area contributed by atoms with Crippen LogP contribution in [0.4, 0.5) is 0 Å². The molecule has 2 aromatic carbocycles. The van der Waals surface area contributed by atoms with E-state index >= 15 is 0 Å². The molecule has 0 fully saturated rings. The van der Waals surface area contributed by atoms with Crippen molar-refractivity contribution in [1.82, 2.24) is 15.0 Å². The van der Waals surface area contributed by atoms with Crippen molar-refractivity contribution in [3.05, 3.63) is 84.1 Å². The molecule has 7 heteroatoms. The summed E-state index contributed by atoms with van der Waals surface area (Å²) in [7, 11) is 1.62. The summed E-state index contributed by atoms with van der Waals surface area (Å²) in [5.41, 5.74) is 1.66. The van der Waals surface area contributed by atoms with Crippen molar-refractivity contribution in [1.29, 1.82) is 0 Å². The minimum Gasteiger partial charge on any atom is -0.508 e. The number of rotatable bonds is 8. The van der Waals surface area contributed by atoms with Crippen molar-refractivity contribution in [3.63, 3.8) is 0 Å². The summed E-state index contributed by atoms with van der Waals surface area (Å²) in [6.45, 7) is 1.47. The SMILES string of the molecule is COc1ccc(-c2noc(CN(Cc3ccco3)Cc3ccccc3O)n2)cc1. The summed E-state index contributed by atoms with van der Waals surface area (Å²) >= 11 is 0. The first kappa shape index (κ1) is 18.8. The number of benzene rings is 2. The molecule has 0 aliphatic carbocycles. The van der Waals surface area contributed by atoms with Crippen molar-refractivity contribution in [2.75, 3.05) is 7.11 Å². The highest BCUT2D eigenvalue weighted by Crippen LogP contribution is 2.23. The van der Waals surface area contributed by atoms with Crippen molar-refractivity contribution in [2.45, 2.75) is 19.6 Å². The van der Waals surface area contributed by atoms with Crippen LogP contribution in [0.1, 0.15) is 17.2 Å². The summed E-state index contributed by atoms with van der Waals surface area (Å²) in [5.74, 6) is 2.84. The van der Waals surface area contributed by atoms with Gasteiger partial charge in [0.15, 0.2) is 0 Å². The molecule has 0 saturated heterocycles. The van der Waals surface area contributed by atoms with Gasteiger partial charge in [-0.25, -0.2) is 0 Å². The predicted molar refractivity (Wildman–Crippen MR) is 106 cm³/mol. The van der Waals surface area contributed by atoms with E-state index in [1.165, 1.54) is 0 Å². The van der Waals surface area contributed by atoms with Crippen LogP contribution < -0.4 is 4.74 Å². The molecule has 0 unspecified atom stereocenters. The Morgan fingerprint density at radius 1 is 0.966 bits per heavy atom. The average molecular weight is 391 g/mol. The van der Waals surface area contributed by atoms with Gasteiger partial charge in [-0.1, -0.05) is 23.4 Å². The topological polar surface area (TPSA) is 84.8 Å². The third-order valence-corrected chi connectivity index (χ3v) is 4.52. The Bertz CT molecular complexity index is 1040. The van der Waals surface area contributed by atoms with Crippen LogP contribution in [0.2, 0.25) is 0 Å². The Balaban J connectivity index is 1.52. The molecule has 4 aromatic rings. The van der Waals surface area contributed by atoms with E-state index in [1.54, 1.807) is 25.5 Å². The second-order valence-corrected chi connectivity index (χ2v) is 6.59. The number of phenols is 1. The van der Waals surface area contributed by atoms with Crippen LogP contribution in [-0.2, 0) is 19.6 Å². The zero-order valence-electron chi connectivity index (χ0n) is 16.0. The first-order chi connectivity index (χ1) is 14.2. The van der Waals surface area contributed by atoms with Gasteiger partial charge in [0, 0.05) is 17.7 Å². The van der Waals surface area contributed by atoms with Crippen LogP contribution in [0, 0.1) is 0 Å². The zero-order valence-corrected chi connectivity index (χ0v) is 16.0. The lowest BCUT2D eigenvalue weighted by Gasteiger charge is -2.19. The van der Waals surface area contributed by atoms with Crippen LogP contribution in [0.3, 0.4) is 0 Å². The van der Waals surface area contributed by atoms with Gasteiger partial charge in [-0.05, 0) is 42.5 Å². The van der Waals surface area contributed by atoms with Crippen molar-refractivity contribution < 1.29 is 18.8 Å². The minimum absolute atomic E-state index is 0.251. The van der Waals surface area contributed by atoms with Gasteiger partial charge in [0.2, 0.25) is 11.7 Å². The number of phenolic OH excluding ortho intramolecular Hbond substituents is 1. The molecule has 148 valence electrons. The zero-order chi connectivity index (χ0) is 20.1. The van der Waals surface area contributed by atoms with E-state index in [-0.39, 0.29) is 5.75 Å². The van der Waals surface area contributed by atoms with Gasteiger partial charge in [0.05, 0.1) is 26.5 Å². The van der Waals surface area contributed by atoms with E-state index in [0.717, 1.165) is 22.6 Å². The van der Waals surface area contributed by atoms with E-state index in [0.29, 0.717) is 31.3 Å². The van der Waals surface area contributed by atoms with Gasteiger partial charge in [0.1, 0.15) is 17.3 Å². The largest absolute Gasteiger partial charge is 0.508 e. The standard InChI is InChI=1S/C22H21N3O4/c1-27-18-10-8-16(9-11-18)22-23-21(29-24-22)15-25(14-19-6-4-12-28-19)13-17-5-2-3-7-20(17)26/h2-12,26H,13-15H2,1H3. The summed E-state index contributed by atoms with van der Waals surface area (Å²) in [6, 6.07) is 18.5. The molecule has 4 rings (SSSR count). The fourth-order valence-electron chi connectivity index (χ4n) is 3.04. The Morgan fingerprint density at radius 3 is 2.52 bits per heavy atom. The second-order valence-electron chi connectivity index (χ2n) is 6.59. The fraction of sp³-hybridized carbons (Fsp3) is 0.182. The molecule has 0 bridgehead atoms. The Hall–Kier alpha value is -3.58. The van der Waals surface area contributed by atoms with Gasteiger partial charge in [-0.15, -0.1) is 0 Å². The molecule has 2 aromatic heterocycles. The second kappa shape index (κ2) is 8.62. The molecule has 0 atom stereocenters. The molecule has 1 N–H and O–H groups in total. The lowest BCUT2D eigenvalue weighted by Crippen LogP contribution is -2.22. The van der Waals surface area contributed by atoms with Crippen LogP contribution in [0.15, 0.2) is 75.9 Å². The van der Waals surface area contributed by atoms with Gasteiger partial charge < -0.3 is 18.8 Å². The average Bonchev–Trinajstić information content (AvgIpc) is 3.42. The normalized spacial score (nSPS) is 11.1. The van der Waals surface area contributed by atoms with Crippen LogP contribution in [0.25, 0.3) is 11.4 Å². The number of methoxy groups -OCH3 is 1. The number of aromatic nitrogens is 2. The number of ether oxygens (including phenoxy) is 1. The summed E-state index contributed by atoms with van der Waals surface area (Å²) < 4.78 is 16.1. The quantitative estimate of drug-likeness (QED) is 0.481. The number of hydrogen-bond acceptors (Lipinski definition) is 7. The molecule has 0 radical (unpaired) electrons. The van der Waals surface area contributed by atoms with E-state index < -0.39 is 0 Å². The third-order valence-electron chi connectivity index (χ3n) is 4.52. The summed E-state index contributed by atoms with van der Waals surface area (Å²) in [6.07, 6.45) is 1.64. The lowest BCUT2D eigenvalue weighted by molar-refractivity contribution is 0.195. The molecule has 0 amide bonds. The van der Waals surface area contributed by atoms with Gasteiger partial charge in [-0.2, -0.15) is 4.98 Å². The Kier molecular flexibility index (Phi) is 5.58. The van der Waals surface area contributed by atoms with Crippen LogP contribution in [-0.4, -0.2) is 27.3 Å². The summed E-state index contributed by atoms with van der Waals surface area (Å²) in [4.78, 5) is 6.58. The lowest BCUT2D eigenvalue weighted by atomic mass is 10.2. The minimum atomic E-state index is 0.251. The van der Waals surface area contributed by atoms with Gasteiger partial charge in [-0.3, -0.25) is 4.90 Å². The number of para-hydroxylation sites is 1. The molecular formula is C22H21N3O4. The molecular weight excluding hydrogens is 370 g/mol. The Labute approximate surface area is 168 Å². The fourth-order valence-corrected chi connectivity index (χ4v) is 3.04. The first-order valence-electron chi connectivity index (χ1n) is 9.20. The maximum atomic E-state index is 10.1. The third kappa shape index (κ3) is 4.64. The number of furan rings is 1. The van der Waals surface area contributed by atoms with Crippen LogP contribution in [0.5, 0.6) is 11.5 Å². The maximum absolute atomic E-state index is 10.1. The van der Waals surface area contributed by atoms with E-state index in [1.807, 2.05) is 48.5 Å². The Morgan fingerprint density at radius 2 is 1.79 bits per heavy atom. The molecule has 0 aliphatic rings. The molecule has 0 saturated carbocycles. The van der Waals surface area contributed by atoms with E-state index in [9.17, 15) is 5.11 Å². The number of nitrogens with zero attached hydrogens (tertiary/aromatic N) is 3. The maximum Gasteiger partial charge on any atom is 0.241 e. The first-order valence-corrected chi connectivity index (χ1v) is 9.20. The molecule has 0 spiro atoms. The summed E-state index contributed by atoms with van der Waals surface area (Å²) in [5, 5.41) is 14.2. The highest BCUT2D eigenvalue weighted by Gasteiger charge is 2.16. The predicted octanol–water partition coefficient (Wildman–Crippen LogP) is 4.25. The van der Waals surface area contributed by atoms with Gasteiger partial charge in [0.25, 0.3) is 0 Å². The van der Waals surface area contributed by atoms with Crippen molar-refractivity contribution in [3.8, 4) is 22.9 Å². The van der Waals surface area contributed by atoms with Crippen LogP contribution >= 0.6 is 0 Å². The molecule has 29 heavy (non-hydrogen) atoms. The molecule has 7 nitrogen and oxygen atoms in total. The highest BCUT2D eigenvalue weighted by molar-refractivity contribution is 5.55. The van der Waals surface area contributed by atoms with Crippen molar-refractivity contribution in [2.24, 2.45) is 0 Å². The monoisotopic (exact) mass is 391 g/mol. The van der Waals surface area contributed by atoms with E-state index in [2.05, 4.69) is 15.0 Å². The smallest absolute Gasteiger partial charge is 0.241 e. The molecule has 0 aliphatic heterocycles. The number of aromatic hydroxyl groups is 1. The molecule has 2 heterocycles.